The first-order valence-electron chi connectivity index (χ1n) is 5.81. The van der Waals surface area contributed by atoms with Gasteiger partial charge in [-0.3, -0.25) is 0 Å². The van der Waals surface area contributed by atoms with Gasteiger partial charge in [0.15, 0.2) is 5.65 Å². The molecule has 5 nitrogen and oxygen atoms in total. The highest BCUT2D eigenvalue weighted by Gasteiger charge is 2.17. The molecular formula is C14H12ClN3O2. The van der Waals surface area contributed by atoms with Crippen LogP contribution in [-0.2, 0) is 0 Å². The van der Waals surface area contributed by atoms with Crippen molar-refractivity contribution in [3.8, 4) is 0 Å². The monoisotopic (exact) mass is 289 g/mol. The van der Waals surface area contributed by atoms with Crippen LogP contribution in [0.4, 0.5) is 0 Å². The van der Waals surface area contributed by atoms with Gasteiger partial charge in [0.25, 0.3) is 0 Å². The van der Waals surface area contributed by atoms with Gasteiger partial charge in [0, 0.05) is 6.20 Å². The van der Waals surface area contributed by atoms with Crippen LogP contribution >= 0.6 is 11.6 Å². The molecular weight excluding hydrogens is 278 g/mol. The second-order valence-electron chi connectivity index (χ2n) is 3.91. The van der Waals surface area contributed by atoms with Gasteiger partial charge >= 0.3 is 5.97 Å². The summed E-state index contributed by atoms with van der Waals surface area (Å²) in [6.45, 7) is 5.39. The van der Waals surface area contributed by atoms with Crippen molar-refractivity contribution >= 4 is 28.8 Å². The fraction of sp³-hybridized carbons (Fsp3) is 0.0714. The maximum Gasteiger partial charge on any atom is 0.339 e. The predicted molar refractivity (Wildman–Crippen MR) is 77.9 cm³/mol. The standard InChI is InChI=1S/C14H12ClN3O2/c1-3-5-6-9(4-2)12-10(14(19)20)8-18-13(17-12)11(15)7-16-18/h3-8H,1H2,2H3,(H,19,20)/b6-5-,9-4+. The van der Waals surface area contributed by atoms with Crippen molar-refractivity contribution in [2.75, 3.05) is 0 Å². The van der Waals surface area contributed by atoms with Crippen molar-refractivity contribution in [2.45, 2.75) is 6.92 Å². The zero-order valence-corrected chi connectivity index (χ0v) is 11.5. The van der Waals surface area contributed by atoms with Gasteiger partial charge in [0.05, 0.1) is 11.9 Å². The first-order chi connectivity index (χ1) is 9.58. The number of carbonyl (C=O) groups is 1. The number of nitrogens with zero attached hydrogens (tertiary/aromatic N) is 3. The zero-order valence-electron chi connectivity index (χ0n) is 10.7. The van der Waals surface area contributed by atoms with Crippen molar-refractivity contribution < 1.29 is 9.90 Å². The topological polar surface area (TPSA) is 67.5 Å². The highest BCUT2D eigenvalue weighted by Crippen LogP contribution is 2.23. The number of hydrogen-bond donors (Lipinski definition) is 1. The molecule has 102 valence electrons. The molecule has 2 aromatic heterocycles. The van der Waals surface area contributed by atoms with Crippen LogP contribution in [0.15, 0.2) is 43.3 Å². The summed E-state index contributed by atoms with van der Waals surface area (Å²) in [5.41, 5.74) is 1.48. The Labute approximate surface area is 120 Å². The summed E-state index contributed by atoms with van der Waals surface area (Å²) in [5, 5.41) is 13.6. The zero-order chi connectivity index (χ0) is 14.7. The molecule has 2 rings (SSSR count). The van der Waals surface area contributed by atoms with E-state index < -0.39 is 5.97 Å². The van der Waals surface area contributed by atoms with Crippen LogP contribution in [0.1, 0.15) is 23.0 Å². The molecule has 0 bridgehead atoms. The summed E-state index contributed by atoms with van der Waals surface area (Å²) in [4.78, 5) is 15.7. The van der Waals surface area contributed by atoms with Gasteiger partial charge in [-0.15, -0.1) is 0 Å². The molecule has 0 aliphatic rings. The number of carboxylic acids is 1. The van der Waals surface area contributed by atoms with Crippen molar-refractivity contribution in [1.82, 2.24) is 14.6 Å². The maximum atomic E-state index is 11.4. The van der Waals surface area contributed by atoms with E-state index in [1.807, 2.05) is 0 Å². The van der Waals surface area contributed by atoms with Crippen LogP contribution in [0.2, 0.25) is 5.02 Å². The average Bonchev–Trinajstić information content (AvgIpc) is 2.80. The van der Waals surface area contributed by atoms with Gasteiger partial charge < -0.3 is 5.11 Å². The lowest BCUT2D eigenvalue weighted by Gasteiger charge is -2.07. The number of halogens is 1. The van der Waals surface area contributed by atoms with Gasteiger partial charge in [-0.1, -0.05) is 42.5 Å². The van der Waals surface area contributed by atoms with Gasteiger partial charge in [-0.05, 0) is 12.5 Å². The summed E-state index contributed by atoms with van der Waals surface area (Å²) in [7, 11) is 0. The molecule has 0 aromatic carbocycles. The molecule has 0 fully saturated rings. The highest BCUT2D eigenvalue weighted by molar-refractivity contribution is 6.33. The summed E-state index contributed by atoms with van der Waals surface area (Å²) < 4.78 is 1.35. The molecule has 0 unspecified atom stereocenters. The van der Waals surface area contributed by atoms with Crippen LogP contribution in [0.5, 0.6) is 0 Å². The number of rotatable bonds is 4. The second-order valence-corrected chi connectivity index (χ2v) is 4.32. The molecule has 0 amide bonds. The molecule has 0 aliphatic heterocycles. The van der Waals surface area contributed by atoms with Crippen molar-refractivity contribution in [1.29, 1.82) is 0 Å². The fourth-order valence-corrected chi connectivity index (χ4v) is 1.92. The Morgan fingerprint density at radius 2 is 2.30 bits per heavy atom. The minimum atomic E-state index is -1.08. The highest BCUT2D eigenvalue weighted by atomic mass is 35.5. The number of hydrogen-bond acceptors (Lipinski definition) is 3. The van der Waals surface area contributed by atoms with Crippen molar-refractivity contribution in [3.63, 3.8) is 0 Å². The number of aromatic carboxylic acids is 1. The molecule has 0 atom stereocenters. The van der Waals surface area contributed by atoms with E-state index in [0.717, 1.165) is 0 Å². The smallest absolute Gasteiger partial charge is 0.339 e. The Morgan fingerprint density at radius 1 is 1.55 bits per heavy atom. The van der Waals surface area contributed by atoms with E-state index in [1.54, 1.807) is 31.2 Å². The fourth-order valence-electron chi connectivity index (χ4n) is 1.74. The first kappa shape index (κ1) is 14.0. The van der Waals surface area contributed by atoms with Crippen LogP contribution in [0.25, 0.3) is 11.2 Å². The van der Waals surface area contributed by atoms with Gasteiger partial charge in [-0.25, -0.2) is 14.3 Å². The lowest BCUT2D eigenvalue weighted by molar-refractivity contribution is 0.0695. The lowest BCUT2D eigenvalue weighted by Crippen LogP contribution is -2.07. The summed E-state index contributed by atoms with van der Waals surface area (Å²) in [6, 6.07) is 0. The molecule has 2 aromatic rings. The third-order valence-electron chi connectivity index (χ3n) is 2.68. The molecule has 6 heteroatoms. The number of aromatic nitrogens is 3. The average molecular weight is 290 g/mol. The van der Waals surface area contributed by atoms with Gasteiger partial charge in [0.1, 0.15) is 10.6 Å². The Kier molecular flexibility index (Phi) is 4.00. The third-order valence-corrected chi connectivity index (χ3v) is 2.94. The SMILES string of the molecule is C=C/C=C\C(=C/C)c1nc2c(Cl)cnn2cc1C(=O)O. The van der Waals surface area contributed by atoms with E-state index in [2.05, 4.69) is 16.7 Å². The third kappa shape index (κ3) is 2.48. The quantitative estimate of drug-likeness (QED) is 0.878. The molecule has 0 saturated carbocycles. The Hall–Kier alpha value is -2.40. The summed E-state index contributed by atoms with van der Waals surface area (Å²) >= 11 is 5.98. The minimum Gasteiger partial charge on any atom is -0.478 e. The Morgan fingerprint density at radius 3 is 2.90 bits per heavy atom. The molecule has 20 heavy (non-hydrogen) atoms. The van der Waals surface area contributed by atoms with Crippen molar-refractivity contribution in [3.05, 3.63) is 59.6 Å². The van der Waals surface area contributed by atoms with E-state index in [-0.39, 0.29) is 5.56 Å². The molecule has 0 radical (unpaired) electrons. The molecule has 2 heterocycles. The molecule has 0 aliphatic carbocycles. The normalized spacial score (nSPS) is 12.2. The number of allylic oxidation sites excluding steroid dienone is 5. The summed E-state index contributed by atoms with van der Waals surface area (Å²) in [6.07, 6.45) is 9.66. The van der Waals surface area contributed by atoms with E-state index in [4.69, 9.17) is 11.6 Å². The molecule has 0 spiro atoms. The minimum absolute atomic E-state index is 0.0547. The Balaban J connectivity index is 2.74. The van der Waals surface area contributed by atoms with Crippen LogP contribution < -0.4 is 0 Å². The molecule has 1 N–H and O–H groups in total. The molecule has 0 saturated heterocycles. The van der Waals surface area contributed by atoms with Crippen molar-refractivity contribution in [2.24, 2.45) is 0 Å². The van der Waals surface area contributed by atoms with E-state index in [0.29, 0.717) is 21.9 Å². The largest absolute Gasteiger partial charge is 0.478 e. The number of fused-ring (bicyclic) bond motifs is 1. The van der Waals surface area contributed by atoms with Crippen LogP contribution in [0.3, 0.4) is 0 Å². The lowest BCUT2D eigenvalue weighted by atomic mass is 10.1. The predicted octanol–water partition coefficient (Wildman–Crippen LogP) is 3.23. The Bertz CT molecular complexity index is 744. The van der Waals surface area contributed by atoms with Crippen LogP contribution in [-0.4, -0.2) is 25.7 Å². The first-order valence-corrected chi connectivity index (χ1v) is 6.19. The van der Waals surface area contributed by atoms with Crippen LogP contribution in [0, 0.1) is 0 Å². The van der Waals surface area contributed by atoms with Gasteiger partial charge in [-0.2, -0.15) is 5.10 Å². The number of carboxylic acid groups (broad SMARTS) is 1. The summed E-state index contributed by atoms with van der Waals surface area (Å²) in [5.74, 6) is -1.08. The van der Waals surface area contributed by atoms with E-state index in [1.165, 1.54) is 16.9 Å². The second kappa shape index (κ2) is 5.71. The van der Waals surface area contributed by atoms with E-state index in [9.17, 15) is 9.90 Å². The van der Waals surface area contributed by atoms with E-state index >= 15 is 0 Å². The maximum absolute atomic E-state index is 11.4. The van der Waals surface area contributed by atoms with Gasteiger partial charge in [0.2, 0.25) is 0 Å².